The third kappa shape index (κ3) is 1.69. The molecule has 0 spiro atoms. The Morgan fingerprint density at radius 3 is 3.05 bits per heavy atom. The van der Waals surface area contributed by atoms with Gasteiger partial charge in [-0.3, -0.25) is 4.90 Å². The molecule has 3 nitrogen and oxygen atoms in total. The van der Waals surface area contributed by atoms with Gasteiger partial charge in [-0.05, 0) is 41.8 Å². The summed E-state index contributed by atoms with van der Waals surface area (Å²) in [5, 5.41) is 2.50. The summed E-state index contributed by atoms with van der Waals surface area (Å²) in [5.41, 5.74) is 1.30. The van der Waals surface area contributed by atoms with E-state index in [1.54, 1.807) is 7.11 Å². The first-order valence-corrected chi connectivity index (χ1v) is 6.85. The molecular weight excluding hydrogens is 238 g/mol. The molecule has 0 aliphatic carbocycles. The number of nitrogens with zero attached hydrogens (tertiary/aromatic N) is 1. The quantitative estimate of drug-likeness (QED) is 0.781. The number of fused-ring (bicyclic) bond motifs is 4. The zero-order valence-electron chi connectivity index (χ0n) is 11.1. The van der Waals surface area contributed by atoms with Crippen LogP contribution in [-0.4, -0.2) is 24.8 Å². The molecule has 0 saturated carbocycles. The van der Waals surface area contributed by atoms with Crippen LogP contribution >= 0.6 is 0 Å². The molecule has 1 atom stereocenters. The van der Waals surface area contributed by atoms with Crippen LogP contribution in [0.5, 0.6) is 11.5 Å². The molecule has 98 valence electrons. The monoisotopic (exact) mass is 255 g/mol. The summed E-state index contributed by atoms with van der Waals surface area (Å²) in [4.78, 5) is 2.43. The van der Waals surface area contributed by atoms with E-state index in [0.29, 0.717) is 0 Å². The van der Waals surface area contributed by atoms with Crippen molar-refractivity contribution in [3.8, 4) is 11.5 Å². The molecule has 3 heteroatoms. The van der Waals surface area contributed by atoms with Crippen LogP contribution in [-0.2, 0) is 6.54 Å². The molecule has 1 unspecified atom stereocenters. The van der Waals surface area contributed by atoms with E-state index in [0.717, 1.165) is 31.0 Å². The smallest absolute Gasteiger partial charge is 0.153 e. The van der Waals surface area contributed by atoms with E-state index in [1.807, 2.05) is 6.07 Å². The van der Waals surface area contributed by atoms with E-state index in [-0.39, 0.29) is 6.23 Å². The molecule has 2 heterocycles. The third-order valence-electron chi connectivity index (χ3n) is 4.23. The normalized spacial score (nSPS) is 21.8. The minimum atomic E-state index is 0.288. The van der Waals surface area contributed by atoms with Gasteiger partial charge in [-0.25, -0.2) is 0 Å². The molecule has 0 aromatic heterocycles. The average molecular weight is 255 g/mol. The van der Waals surface area contributed by atoms with Crippen LogP contribution in [0, 0.1) is 0 Å². The van der Waals surface area contributed by atoms with Crippen molar-refractivity contribution in [2.24, 2.45) is 0 Å². The third-order valence-corrected chi connectivity index (χ3v) is 4.23. The van der Waals surface area contributed by atoms with Gasteiger partial charge in [0.15, 0.2) is 6.23 Å². The first kappa shape index (κ1) is 11.1. The van der Waals surface area contributed by atoms with Crippen molar-refractivity contribution in [1.29, 1.82) is 0 Å². The molecule has 2 aromatic rings. The molecule has 1 saturated heterocycles. The largest absolute Gasteiger partial charge is 0.497 e. The van der Waals surface area contributed by atoms with Gasteiger partial charge in [0.2, 0.25) is 0 Å². The summed E-state index contributed by atoms with van der Waals surface area (Å²) in [6.07, 6.45) is 2.67. The second-order valence-electron chi connectivity index (χ2n) is 5.31. The number of hydrogen-bond acceptors (Lipinski definition) is 3. The molecular formula is C16H17NO2. The van der Waals surface area contributed by atoms with Crippen molar-refractivity contribution in [1.82, 2.24) is 4.90 Å². The Kier molecular flexibility index (Phi) is 2.42. The molecule has 0 radical (unpaired) electrons. The van der Waals surface area contributed by atoms with Gasteiger partial charge >= 0.3 is 0 Å². The fourth-order valence-electron chi connectivity index (χ4n) is 3.20. The molecule has 0 N–H and O–H groups in total. The van der Waals surface area contributed by atoms with Gasteiger partial charge in [-0.1, -0.05) is 12.1 Å². The summed E-state index contributed by atoms with van der Waals surface area (Å²) in [6.45, 7) is 2.13. The highest BCUT2D eigenvalue weighted by Gasteiger charge is 2.32. The average Bonchev–Trinajstić information content (AvgIpc) is 2.91. The minimum absolute atomic E-state index is 0.288. The molecule has 0 bridgehead atoms. The van der Waals surface area contributed by atoms with Crippen LogP contribution in [0.1, 0.15) is 18.4 Å². The summed E-state index contributed by atoms with van der Waals surface area (Å²) in [7, 11) is 1.71. The van der Waals surface area contributed by atoms with Gasteiger partial charge < -0.3 is 9.47 Å². The zero-order valence-corrected chi connectivity index (χ0v) is 11.1. The predicted octanol–water partition coefficient (Wildman–Crippen LogP) is 3.16. The van der Waals surface area contributed by atoms with Crippen molar-refractivity contribution in [3.05, 3.63) is 35.9 Å². The van der Waals surface area contributed by atoms with Crippen LogP contribution in [0.25, 0.3) is 10.8 Å². The van der Waals surface area contributed by atoms with Crippen molar-refractivity contribution in [3.63, 3.8) is 0 Å². The minimum Gasteiger partial charge on any atom is -0.497 e. The summed E-state index contributed by atoms with van der Waals surface area (Å²) in [5.74, 6) is 1.95. The molecule has 0 amide bonds. The summed E-state index contributed by atoms with van der Waals surface area (Å²) in [6, 6.07) is 10.5. The maximum Gasteiger partial charge on any atom is 0.153 e. The number of rotatable bonds is 1. The standard InChI is InChI=1S/C16H17NO2/c1-18-12-6-4-11-5-7-15-14(13(11)9-12)10-17-8-2-3-16(17)19-15/h4-7,9,16H,2-3,8,10H2,1H3. The SMILES string of the molecule is COc1ccc2ccc3c(c2c1)CN1CCCC1O3. The first-order chi connectivity index (χ1) is 9.35. The lowest BCUT2D eigenvalue weighted by Crippen LogP contribution is -2.37. The van der Waals surface area contributed by atoms with Gasteiger partial charge in [-0.15, -0.1) is 0 Å². The number of ether oxygens (including phenoxy) is 2. The van der Waals surface area contributed by atoms with Crippen LogP contribution < -0.4 is 9.47 Å². The van der Waals surface area contributed by atoms with E-state index in [2.05, 4.69) is 29.2 Å². The molecule has 1 fully saturated rings. The Balaban J connectivity index is 1.88. The van der Waals surface area contributed by atoms with Crippen molar-refractivity contribution in [2.75, 3.05) is 13.7 Å². The summed E-state index contributed by atoms with van der Waals surface area (Å²) < 4.78 is 11.5. The molecule has 2 aliphatic rings. The first-order valence-electron chi connectivity index (χ1n) is 6.85. The number of hydrogen-bond donors (Lipinski definition) is 0. The molecule has 4 rings (SSSR count). The predicted molar refractivity (Wildman–Crippen MR) is 74.6 cm³/mol. The van der Waals surface area contributed by atoms with Crippen LogP contribution in [0.3, 0.4) is 0 Å². The maximum atomic E-state index is 6.12. The fraction of sp³-hybridized carbons (Fsp3) is 0.375. The van der Waals surface area contributed by atoms with Crippen molar-refractivity contribution < 1.29 is 9.47 Å². The topological polar surface area (TPSA) is 21.7 Å². The second-order valence-corrected chi connectivity index (χ2v) is 5.31. The van der Waals surface area contributed by atoms with Gasteiger partial charge in [-0.2, -0.15) is 0 Å². The Labute approximate surface area is 112 Å². The Morgan fingerprint density at radius 1 is 1.26 bits per heavy atom. The second kappa shape index (κ2) is 4.14. The number of methoxy groups -OCH3 is 1. The fourth-order valence-corrected chi connectivity index (χ4v) is 3.20. The van der Waals surface area contributed by atoms with Crippen LogP contribution in [0.2, 0.25) is 0 Å². The van der Waals surface area contributed by atoms with E-state index < -0.39 is 0 Å². The Hall–Kier alpha value is -1.74. The summed E-state index contributed by atoms with van der Waals surface area (Å²) >= 11 is 0. The van der Waals surface area contributed by atoms with Gasteiger partial charge in [0.1, 0.15) is 11.5 Å². The highest BCUT2D eigenvalue weighted by atomic mass is 16.5. The van der Waals surface area contributed by atoms with E-state index in [9.17, 15) is 0 Å². The maximum absolute atomic E-state index is 6.12. The highest BCUT2D eigenvalue weighted by Crippen LogP contribution is 2.38. The van der Waals surface area contributed by atoms with Crippen LogP contribution in [0.4, 0.5) is 0 Å². The van der Waals surface area contributed by atoms with Crippen molar-refractivity contribution in [2.45, 2.75) is 25.6 Å². The Bertz CT molecular complexity index is 638. The molecule has 2 aromatic carbocycles. The molecule has 19 heavy (non-hydrogen) atoms. The van der Waals surface area contributed by atoms with Gasteiger partial charge in [0, 0.05) is 18.7 Å². The van der Waals surface area contributed by atoms with Gasteiger partial charge in [0.05, 0.1) is 7.11 Å². The lowest BCUT2D eigenvalue weighted by atomic mass is 10.0. The van der Waals surface area contributed by atoms with E-state index >= 15 is 0 Å². The lowest BCUT2D eigenvalue weighted by Gasteiger charge is -2.32. The van der Waals surface area contributed by atoms with E-state index in [1.165, 1.54) is 22.8 Å². The molecule has 2 aliphatic heterocycles. The lowest BCUT2D eigenvalue weighted by molar-refractivity contribution is 0.0349. The van der Waals surface area contributed by atoms with Crippen LogP contribution in [0.15, 0.2) is 30.3 Å². The highest BCUT2D eigenvalue weighted by molar-refractivity contribution is 5.89. The zero-order chi connectivity index (χ0) is 12.8. The van der Waals surface area contributed by atoms with Gasteiger partial charge in [0.25, 0.3) is 0 Å². The van der Waals surface area contributed by atoms with E-state index in [4.69, 9.17) is 9.47 Å². The number of benzene rings is 2. The van der Waals surface area contributed by atoms with Crippen molar-refractivity contribution >= 4 is 10.8 Å². The Morgan fingerprint density at radius 2 is 2.16 bits per heavy atom.